The smallest absolute Gasteiger partial charge is 0.242 e. The zero-order valence-corrected chi connectivity index (χ0v) is 11.4. The second-order valence-corrected chi connectivity index (χ2v) is 4.97. The molecule has 104 valence electrons. The number of amides is 2. The average Bonchev–Trinajstić information content (AvgIpc) is 2.99. The first-order valence-electron chi connectivity index (χ1n) is 6.56. The van der Waals surface area contributed by atoms with Gasteiger partial charge in [-0.05, 0) is 19.3 Å². The highest BCUT2D eigenvalue weighted by Crippen LogP contribution is 2.19. The fourth-order valence-corrected chi connectivity index (χ4v) is 2.41. The van der Waals surface area contributed by atoms with Crippen LogP contribution in [0.15, 0.2) is 12.4 Å². The zero-order chi connectivity index (χ0) is 13.8. The highest BCUT2D eigenvalue weighted by Gasteiger charge is 2.27. The van der Waals surface area contributed by atoms with Crippen molar-refractivity contribution < 1.29 is 9.59 Å². The molecule has 1 unspecified atom stereocenters. The van der Waals surface area contributed by atoms with E-state index in [-0.39, 0.29) is 17.7 Å². The minimum absolute atomic E-state index is 0.0461. The minimum atomic E-state index is 0.0461. The number of imidazole rings is 1. The van der Waals surface area contributed by atoms with Crippen molar-refractivity contribution in [1.82, 2.24) is 19.8 Å². The summed E-state index contributed by atoms with van der Waals surface area (Å²) in [6.45, 7) is 3.64. The SMILES string of the molecule is CNC(=O)CC1CCN(C(=O)Cn2ccnc2C)C1. The summed E-state index contributed by atoms with van der Waals surface area (Å²) in [7, 11) is 1.64. The molecule has 2 heterocycles. The molecule has 1 saturated heterocycles. The van der Waals surface area contributed by atoms with Gasteiger partial charge in [-0.1, -0.05) is 0 Å². The summed E-state index contributed by atoms with van der Waals surface area (Å²) in [4.78, 5) is 29.4. The molecule has 0 bridgehead atoms. The van der Waals surface area contributed by atoms with Crippen LogP contribution >= 0.6 is 0 Å². The Hall–Kier alpha value is -1.85. The summed E-state index contributed by atoms with van der Waals surface area (Å²) in [5.41, 5.74) is 0. The van der Waals surface area contributed by atoms with Crippen LogP contribution in [0.3, 0.4) is 0 Å². The highest BCUT2D eigenvalue weighted by atomic mass is 16.2. The number of hydrogen-bond donors (Lipinski definition) is 1. The third-order valence-electron chi connectivity index (χ3n) is 3.62. The maximum atomic E-state index is 12.1. The normalized spacial score (nSPS) is 18.6. The van der Waals surface area contributed by atoms with Crippen molar-refractivity contribution >= 4 is 11.8 Å². The lowest BCUT2D eigenvalue weighted by Gasteiger charge is -2.17. The number of rotatable bonds is 4. The Morgan fingerprint density at radius 3 is 2.95 bits per heavy atom. The van der Waals surface area contributed by atoms with Crippen molar-refractivity contribution in [2.45, 2.75) is 26.3 Å². The predicted octanol–water partition coefficient (Wildman–Crippen LogP) is 0.176. The second-order valence-electron chi connectivity index (χ2n) is 4.97. The van der Waals surface area contributed by atoms with Crippen molar-refractivity contribution in [3.05, 3.63) is 18.2 Å². The molecule has 1 atom stereocenters. The molecule has 1 N–H and O–H groups in total. The van der Waals surface area contributed by atoms with Crippen LogP contribution in [0.4, 0.5) is 0 Å². The van der Waals surface area contributed by atoms with Crippen LogP contribution in [0, 0.1) is 12.8 Å². The average molecular weight is 264 g/mol. The maximum Gasteiger partial charge on any atom is 0.242 e. The van der Waals surface area contributed by atoms with Crippen LogP contribution in [-0.2, 0) is 16.1 Å². The standard InChI is InChI=1S/C13H20N4O2/c1-10-15-4-6-16(10)9-13(19)17-5-3-11(8-17)7-12(18)14-2/h4,6,11H,3,5,7-9H2,1-2H3,(H,14,18). The monoisotopic (exact) mass is 264 g/mol. The summed E-state index contributed by atoms with van der Waals surface area (Å²) in [5.74, 6) is 1.27. The summed E-state index contributed by atoms with van der Waals surface area (Å²) < 4.78 is 1.84. The molecule has 2 rings (SSSR count). The Bertz CT molecular complexity index is 469. The van der Waals surface area contributed by atoms with Gasteiger partial charge in [0.25, 0.3) is 0 Å². The Morgan fingerprint density at radius 2 is 2.32 bits per heavy atom. The number of aryl methyl sites for hydroxylation is 1. The molecule has 0 spiro atoms. The molecule has 1 aromatic rings. The van der Waals surface area contributed by atoms with Crippen LogP contribution in [0.1, 0.15) is 18.7 Å². The number of nitrogens with one attached hydrogen (secondary N) is 1. The quantitative estimate of drug-likeness (QED) is 0.843. The van der Waals surface area contributed by atoms with E-state index in [1.54, 1.807) is 13.2 Å². The molecule has 1 aromatic heterocycles. The van der Waals surface area contributed by atoms with Crippen molar-refractivity contribution in [2.75, 3.05) is 20.1 Å². The Kier molecular flexibility index (Phi) is 4.19. The molecule has 1 aliphatic heterocycles. The molecule has 0 aliphatic carbocycles. The summed E-state index contributed by atoms with van der Waals surface area (Å²) in [6, 6.07) is 0. The van der Waals surface area contributed by atoms with E-state index in [4.69, 9.17) is 0 Å². The molecule has 1 aliphatic rings. The predicted molar refractivity (Wildman–Crippen MR) is 70.3 cm³/mol. The van der Waals surface area contributed by atoms with Crippen LogP contribution in [0.2, 0.25) is 0 Å². The fourth-order valence-electron chi connectivity index (χ4n) is 2.41. The first-order chi connectivity index (χ1) is 9.10. The van der Waals surface area contributed by atoms with Gasteiger partial charge in [-0.25, -0.2) is 4.98 Å². The largest absolute Gasteiger partial charge is 0.359 e. The van der Waals surface area contributed by atoms with Gasteiger partial charge < -0.3 is 14.8 Å². The van der Waals surface area contributed by atoms with E-state index in [1.165, 1.54) is 0 Å². The molecule has 2 amide bonds. The first-order valence-corrected chi connectivity index (χ1v) is 6.56. The maximum absolute atomic E-state index is 12.1. The first kappa shape index (κ1) is 13.6. The van der Waals surface area contributed by atoms with E-state index in [0.29, 0.717) is 19.5 Å². The molecule has 0 saturated carbocycles. The van der Waals surface area contributed by atoms with Crippen LogP contribution in [-0.4, -0.2) is 46.4 Å². The van der Waals surface area contributed by atoms with Gasteiger partial charge in [0.1, 0.15) is 12.4 Å². The van der Waals surface area contributed by atoms with Crippen LogP contribution < -0.4 is 5.32 Å². The van der Waals surface area contributed by atoms with E-state index in [9.17, 15) is 9.59 Å². The van der Waals surface area contributed by atoms with E-state index in [1.807, 2.05) is 22.6 Å². The molecule has 6 heteroatoms. The van der Waals surface area contributed by atoms with E-state index >= 15 is 0 Å². The van der Waals surface area contributed by atoms with Gasteiger partial charge in [-0.15, -0.1) is 0 Å². The summed E-state index contributed by atoms with van der Waals surface area (Å²) >= 11 is 0. The van der Waals surface area contributed by atoms with Gasteiger partial charge in [-0.3, -0.25) is 9.59 Å². The van der Waals surface area contributed by atoms with Gasteiger partial charge in [0.05, 0.1) is 0 Å². The molecule has 0 radical (unpaired) electrons. The van der Waals surface area contributed by atoms with E-state index < -0.39 is 0 Å². The number of hydrogen-bond acceptors (Lipinski definition) is 3. The van der Waals surface area contributed by atoms with Crippen molar-refractivity contribution in [3.63, 3.8) is 0 Å². The summed E-state index contributed by atoms with van der Waals surface area (Å²) in [6.07, 6.45) is 4.92. The van der Waals surface area contributed by atoms with Crippen LogP contribution in [0.5, 0.6) is 0 Å². The minimum Gasteiger partial charge on any atom is -0.359 e. The molecule has 1 fully saturated rings. The fraction of sp³-hybridized carbons (Fsp3) is 0.615. The molecule has 19 heavy (non-hydrogen) atoms. The Morgan fingerprint density at radius 1 is 1.53 bits per heavy atom. The molecule has 6 nitrogen and oxygen atoms in total. The third kappa shape index (κ3) is 3.33. The van der Waals surface area contributed by atoms with Gasteiger partial charge in [0.15, 0.2) is 0 Å². The highest BCUT2D eigenvalue weighted by molar-refractivity contribution is 5.77. The molecular weight excluding hydrogens is 244 g/mol. The van der Waals surface area contributed by atoms with Gasteiger partial charge >= 0.3 is 0 Å². The Labute approximate surface area is 112 Å². The van der Waals surface area contributed by atoms with Crippen molar-refractivity contribution in [3.8, 4) is 0 Å². The van der Waals surface area contributed by atoms with Gasteiger partial charge in [0.2, 0.25) is 11.8 Å². The number of likely N-dealkylation sites (tertiary alicyclic amines) is 1. The zero-order valence-electron chi connectivity index (χ0n) is 11.4. The summed E-state index contributed by atoms with van der Waals surface area (Å²) in [5, 5.41) is 2.62. The number of aromatic nitrogens is 2. The van der Waals surface area contributed by atoms with Crippen LogP contribution in [0.25, 0.3) is 0 Å². The van der Waals surface area contributed by atoms with E-state index in [0.717, 1.165) is 18.8 Å². The molecular formula is C13H20N4O2. The molecule has 0 aromatic carbocycles. The number of carbonyl (C=O) groups is 2. The Balaban J connectivity index is 1.85. The van der Waals surface area contributed by atoms with Crippen molar-refractivity contribution in [2.24, 2.45) is 5.92 Å². The number of carbonyl (C=O) groups excluding carboxylic acids is 2. The van der Waals surface area contributed by atoms with Gasteiger partial charge in [-0.2, -0.15) is 0 Å². The lowest BCUT2D eigenvalue weighted by molar-refractivity contribution is -0.131. The lowest BCUT2D eigenvalue weighted by Crippen LogP contribution is -2.32. The second kappa shape index (κ2) is 5.86. The third-order valence-corrected chi connectivity index (χ3v) is 3.62. The number of nitrogens with zero attached hydrogens (tertiary/aromatic N) is 3. The lowest BCUT2D eigenvalue weighted by atomic mass is 10.1. The topological polar surface area (TPSA) is 67.2 Å². The van der Waals surface area contributed by atoms with E-state index in [2.05, 4.69) is 10.3 Å². The van der Waals surface area contributed by atoms with Gasteiger partial charge in [0, 0.05) is 39.0 Å². The van der Waals surface area contributed by atoms with Crippen molar-refractivity contribution in [1.29, 1.82) is 0 Å².